The van der Waals surface area contributed by atoms with E-state index in [1.165, 1.54) is 18.4 Å². The summed E-state index contributed by atoms with van der Waals surface area (Å²) < 4.78 is 10.2. The number of amides is 2. The molecule has 168 valence electrons. The summed E-state index contributed by atoms with van der Waals surface area (Å²) in [5.74, 6) is -0.625. The largest absolute Gasteiger partial charge is 0.467 e. The molecule has 30 heavy (non-hydrogen) atoms. The second-order valence-electron chi connectivity index (χ2n) is 9.06. The summed E-state index contributed by atoms with van der Waals surface area (Å²) in [6, 6.07) is -2.17. The average Bonchev–Trinajstić information content (AvgIpc) is 3.10. The van der Waals surface area contributed by atoms with Crippen molar-refractivity contribution in [1.82, 2.24) is 10.2 Å². The number of esters is 1. The van der Waals surface area contributed by atoms with Crippen molar-refractivity contribution in [3.8, 4) is 0 Å². The van der Waals surface area contributed by atoms with E-state index in [-0.39, 0.29) is 18.9 Å². The molecule has 1 N–H and O–H groups in total. The van der Waals surface area contributed by atoms with E-state index in [1.54, 1.807) is 20.8 Å². The molecule has 0 aromatic rings. The van der Waals surface area contributed by atoms with E-state index in [2.05, 4.69) is 15.3 Å². The number of hydrogen-bond acceptors (Lipinski definition) is 6. The van der Waals surface area contributed by atoms with Crippen molar-refractivity contribution in [1.29, 1.82) is 0 Å². The molecule has 0 spiro atoms. The lowest BCUT2D eigenvalue weighted by Crippen LogP contribution is -2.53. The van der Waals surface area contributed by atoms with E-state index < -0.39 is 35.8 Å². The number of methoxy groups -OCH3 is 1. The molecule has 0 aromatic carbocycles. The maximum atomic E-state index is 13.4. The van der Waals surface area contributed by atoms with Crippen LogP contribution in [0.2, 0.25) is 0 Å². The van der Waals surface area contributed by atoms with Gasteiger partial charge in [0, 0.05) is 11.5 Å². The number of hydrogen-bond donors (Lipinski definition) is 1. The standard InChI is InChI=1S/C20H33N5O5/c1-20(2,3)30-19(28)22-15(10-13-8-6-5-7-9-13)17(26)25-12-14(23-24-21)11-16(25)18(27)29-4/h13-16H,5-12H2,1-4H3,(H,22,28)/t14?,15-,16+/m1/s1. The molecular weight excluding hydrogens is 390 g/mol. The Balaban J connectivity index is 2.20. The molecule has 1 saturated carbocycles. The van der Waals surface area contributed by atoms with Crippen LogP contribution in [0.1, 0.15) is 65.7 Å². The molecule has 3 atom stereocenters. The Labute approximate surface area is 177 Å². The Morgan fingerprint density at radius 3 is 2.47 bits per heavy atom. The third-order valence-electron chi connectivity index (χ3n) is 5.53. The summed E-state index contributed by atoms with van der Waals surface area (Å²) in [6.45, 7) is 5.37. The summed E-state index contributed by atoms with van der Waals surface area (Å²) in [5, 5.41) is 6.39. The second kappa shape index (κ2) is 10.5. The van der Waals surface area contributed by atoms with Crippen LogP contribution in [0.4, 0.5) is 4.79 Å². The van der Waals surface area contributed by atoms with E-state index in [4.69, 9.17) is 15.0 Å². The molecular formula is C20H33N5O5. The summed E-state index contributed by atoms with van der Waals surface area (Å²) in [6.07, 6.45) is 5.40. The van der Waals surface area contributed by atoms with Crippen molar-refractivity contribution in [3.05, 3.63) is 10.4 Å². The summed E-state index contributed by atoms with van der Waals surface area (Å²) >= 11 is 0. The molecule has 0 bridgehead atoms. The van der Waals surface area contributed by atoms with Gasteiger partial charge in [-0.05, 0) is 45.1 Å². The molecule has 2 aliphatic rings. The van der Waals surface area contributed by atoms with Crippen molar-refractivity contribution in [2.24, 2.45) is 11.0 Å². The molecule has 1 unspecified atom stereocenters. The highest BCUT2D eigenvalue weighted by molar-refractivity contribution is 5.90. The molecule has 1 aliphatic carbocycles. The number of nitrogens with zero attached hydrogens (tertiary/aromatic N) is 4. The number of likely N-dealkylation sites (tertiary alicyclic amines) is 1. The van der Waals surface area contributed by atoms with E-state index in [1.807, 2.05) is 0 Å². The number of ether oxygens (including phenoxy) is 2. The van der Waals surface area contributed by atoms with Gasteiger partial charge in [-0.3, -0.25) is 4.79 Å². The third kappa shape index (κ3) is 6.79. The third-order valence-corrected chi connectivity index (χ3v) is 5.53. The van der Waals surface area contributed by atoms with Gasteiger partial charge in [0.2, 0.25) is 5.91 Å². The van der Waals surface area contributed by atoms with Gasteiger partial charge < -0.3 is 19.7 Å². The zero-order valence-electron chi connectivity index (χ0n) is 18.3. The fourth-order valence-electron chi connectivity index (χ4n) is 4.20. The summed E-state index contributed by atoms with van der Waals surface area (Å²) in [7, 11) is 1.25. The first-order chi connectivity index (χ1) is 14.1. The van der Waals surface area contributed by atoms with Crippen LogP contribution in [0.5, 0.6) is 0 Å². The molecule has 0 aromatic heterocycles. The normalized spacial score (nSPS) is 23.3. The van der Waals surface area contributed by atoms with Crippen molar-refractivity contribution >= 4 is 18.0 Å². The quantitative estimate of drug-likeness (QED) is 0.303. The Kier molecular flexibility index (Phi) is 8.34. The minimum absolute atomic E-state index is 0.111. The van der Waals surface area contributed by atoms with Crippen LogP contribution in [0.15, 0.2) is 5.11 Å². The Morgan fingerprint density at radius 2 is 1.90 bits per heavy atom. The van der Waals surface area contributed by atoms with Crippen LogP contribution >= 0.6 is 0 Å². The summed E-state index contributed by atoms with van der Waals surface area (Å²) in [5.41, 5.74) is 8.05. The number of alkyl carbamates (subject to hydrolysis) is 1. The zero-order chi connectivity index (χ0) is 22.3. The average molecular weight is 424 g/mol. The topological polar surface area (TPSA) is 134 Å². The first-order valence-corrected chi connectivity index (χ1v) is 10.6. The number of carbonyl (C=O) groups excluding carboxylic acids is 3. The van der Waals surface area contributed by atoms with Gasteiger partial charge >= 0.3 is 12.1 Å². The maximum absolute atomic E-state index is 13.4. The number of azide groups is 1. The lowest BCUT2D eigenvalue weighted by molar-refractivity contribution is -0.151. The summed E-state index contributed by atoms with van der Waals surface area (Å²) in [4.78, 5) is 42.2. The smallest absolute Gasteiger partial charge is 0.408 e. The highest BCUT2D eigenvalue weighted by atomic mass is 16.6. The Hall–Kier alpha value is -2.48. The number of nitrogens with one attached hydrogen (secondary N) is 1. The van der Waals surface area contributed by atoms with Gasteiger partial charge in [0.05, 0.1) is 13.2 Å². The SMILES string of the molecule is COC(=O)[C@@H]1CC(N=[N+]=[N-])CN1C(=O)[C@@H](CC1CCCCC1)NC(=O)OC(C)(C)C. The highest BCUT2D eigenvalue weighted by Crippen LogP contribution is 2.29. The zero-order valence-corrected chi connectivity index (χ0v) is 18.3. The monoisotopic (exact) mass is 423 g/mol. The van der Waals surface area contributed by atoms with Crippen molar-refractivity contribution in [2.45, 2.75) is 89.4 Å². The van der Waals surface area contributed by atoms with Gasteiger partial charge in [0.25, 0.3) is 0 Å². The van der Waals surface area contributed by atoms with Crippen LogP contribution in [0, 0.1) is 5.92 Å². The molecule has 2 fully saturated rings. The first kappa shape index (κ1) is 23.8. The first-order valence-electron chi connectivity index (χ1n) is 10.6. The second-order valence-corrected chi connectivity index (χ2v) is 9.06. The fourth-order valence-corrected chi connectivity index (χ4v) is 4.20. The van der Waals surface area contributed by atoms with Gasteiger partial charge in [-0.2, -0.15) is 0 Å². The molecule has 2 rings (SSSR count). The highest BCUT2D eigenvalue weighted by Gasteiger charge is 2.43. The van der Waals surface area contributed by atoms with E-state index in [0.717, 1.165) is 25.7 Å². The molecule has 10 heteroatoms. The van der Waals surface area contributed by atoms with Gasteiger partial charge in [-0.25, -0.2) is 9.59 Å². The predicted molar refractivity (Wildman–Crippen MR) is 109 cm³/mol. The van der Waals surface area contributed by atoms with Crippen LogP contribution < -0.4 is 5.32 Å². The molecule has 1 heterocycles. The van der Waals surface area contributed by atoms with Crippen LogP contribution in [0.25, 0.3) is 10.4 Å². The van der Waals surface area contributed by atoms with Gasteiger partial charge in [-0.15, -0.1) is 0 Å². The molecule has 2 amide bonds. The van der Waals surface area contributed by atoms with Crippen LogP contribution in [-0.2, 0) is 19.1 Å². The minimum Gasteiger partial charge on any atom is -0.467 e. The molecule has 10 nitrogen and oxygen atoms in total. The Bertz CT molecular complexity index is 680. The van der Waals surface area contributed by atoms with Crippen LogP contribution in [-0.4, -0.2) is 60.3 Å². The number of rotatable bonds is 6. The van der Waals surface area contributed by atoms with Crippen molar-refractivity contribution in [2.75, 3.05) is 13.7 Å². The van der Waals surface area contributed by atoms with Crippen molar-refractivity contribution < 1.29 is 23.9 Å². The predicted octanol–water partition coefficient (Wildman–Crippen LogP) is 3.30. The van der Waals surface area contributed by atoms with Crippen LogP contribution in [0.3, 0.4) is 0 Å². The molecule has 0 radical (unpaired) electrons. The fraction of sp³-hybridized carbons (Fsp3) is 0.850. The molecule has 1 saturated heterocycles. The lowest BCUT2D eigenvalue weighted by atomic mass is 9.84. The number of carbonyl (C=O) groups is 3. The van der Waals surface area contributed by atoms with Gasteiger partial charge in [0.1, 0.15) is 17.7 Å². The lowest BCUT2D eigenvalue weighted by Gasteiger charge is -2.31. The Morgan fingerprint density at radius 1 is 1.23 bits per heavy atom. The molecule has 1 aliphatic heterocycles. The van der Waals surface area contributed by atoms with E-state index >= 15 is 0 Å². The van der Waals surface area contributed by atoms with Crippen molar-refractivity contribution in [3.63, 3.8) is 0 Å². The van der Waals surface area contributed by atoms with E-state index in [9.17, 15) is 14.4 Å². The minimum atomic E-state index is -0.840. The van der Waals surface area contributed by atoms with Gasteiger partial charge in [-0.1, -0.05) is 37.2 Å². The maximum Gasteiger partial charge on any atom is 0.408 e. The van der Waals surface area contributed by atoms with E-state index in [0.29, 0.717) is 12.3 Å². The van der Waals surface area contributed by atoms with Gasteiger partial charge in [0.15, 0.2) is 0 Å².